The van der Waals surface area contributed by atoms with Crippen LogP contribution in [0.4, 0.5) is 5.69 Å². The van der Waals surface area contributed by atoms with E-state index in [4.69, 9.17) is 5.73 Å². The van der Waals surface area contributed by atoms with Gasteiger partial charge >= 0.3 is 11.8 Å². The number of phenolic OH excluding ortho intramolecular Hbond substituents is 1. The standard InChI is InChI=1S/C12H15N3O4/c13-6-3-7-15(8-16)12(19)11(18)14-9-4-1-2-5-10(9)17/h1-2,4-5,8,17H,3,6-7,13H2,(H,14,18). The van der Waals surface area contributed by atoms with Crippen LogP contribution >= 0.6 is 0 Å². The molecule has 0 heterocycles. The van der Waals surface area contributed by atoms with Crippen molar-refractivity contribution in [3.63, 3.8) is 0 Å². The van der Waals surface area contributed by atoms with Crippen LogP contribution in [0, 0.1) is 0 Å². The Kier molecular flexibility index (Phi) is 5.49. The van der Waals surface area contributed by atoms with Crippen molar-refractivity contribution < 1.29 is 19.5 Å². The zero-order chi connectivity index (χ0) is 14.3. The van der Waals surface area contributed by atoms with Gasteiger partial charge in [0.05, 0.1) is 5.69 Å². The fourth-order valence-electron chi connectivity index (χ4n) is 1.35. The molecule has 0 fully saturated rings. The molecule has 0 saturated carbocycles. The number of benzene rings is 1. The highest BCUT2D eigenvalue weighted by molar-refractivity contribution is 6.41. The minimum atomic E-state index is -0.995. The molecule has 0 bridgehead atoms. The largest absolute Gasteiger partial charge is 0.506 e. The first-order valence-corrected chi connectivity index (χ1v) is 5.65. The van der Waals surface area contributed by atoms with Crippen molar-refractivity contribution in [3.8, 4) is 5.75 Å². The molecule has 0 unspecified atom stereocenters. The van der Waals surface area contributed by atoms with Gasteiger partial charge < -0.3 is 16.2 Å². The molecule has 7 nitrogen and oxygen atoms in total. The number of imide groups is 1. The number of anilines is 1. The highest BCUT2D eigenvalue weighted by Gasteiger charge is 2.21. The van der Waals surface area contributed by atoms with Gasteiger partial charge in [-0.15, -0.1) is 0 Å². The number of hydrogen-bond donors (Lipinski definition) is 3. The maximum absolute atomic E-state index is 11.7. The second-order valence-corrected chi connectivity index (χ2v) is 3.72. The number of aromatic hydroxyl groups is 1. The van der Waals surface area contributed by atoms with Gasteiger partial charge in [0.15, 0.2) is 0 Å². The zero-order valence-corrected chi connectivity index (χ0v) is 10.2. The molecule has 0 aliphatic heterocycles. The van der Waals surface area contributed by atoms with E-state index in [0.717, 1.165) is 4.90 Å². The number of para-hydroxylation sites is 2. The number of carbonyl (C=O) groups excluding carboxylic acids is 3. The summed E-state index contributed by atoms with van der Waals surface area (Å²) in [7, 11) is 0. The Morgan fingerprint density at radius 1 is 1.37 bits per heavy atom. The van der Waals surface area contributed by atoms with Gasteiger partial charge in [0.2, 0.25) is 6.41 Å². The van der Waals surface area contributed by atoms with Crippen LogP contribution in [-0.2, 0) is 14.4 Å². The third kappa shape index (κ3) is 4.07. The summed E-state index contributed by atoms with van der Waals surface area (Å²) in [6.45, 7) is 0.381. The molecule has 0 spiro atoms. The van der Waals surface area contributed by atoms with Crippen LogP contribution in [0.2, 0.25) is 0 Å². The molecular formula is C12H15N3O4. The van der Waals surface area contributed by atoms with Crippen LogP contribution in [0.25, 0.3) is 0 Å². The summed E-state index contributed by atoms with van der Waals surface area (Å²) in [4.78, 5) is 34.7. The Balaban J connectivity index is 2.69. The fourth-order valence-corrected chi connectivity index (χ4v) is 1.35. The van der Waals surface area contributed by atoms with Gasteiger partial charge in [0, 0.05) is 6.54 Å². The Morgan fingerprint density at radius 2 is 2.05 bits per heavy atom. The highest BCUT2D eigenvalue weighted by Crippen LogP contribution is 2.21. The van der Waals surface area contributed by atoms with Gasteiger partial charge in [-0.3, -0.25) is 19.3 Å². The SMILES string of the molecule is NCCCN(C=O)C(=O)C(=O)Nc1ccccc1O. The first-order valence-electron chi connectivity index (χ1n) is 5.65. The Labute approximate surface area is 110 Å². The van der Waals surface area contributed by atoms with E-state index in [0.29, 0.717) is 13.0 Å². The monoisotopic (exact) mass is 265 g/mol. The normalized spacial score (nSPS) is 9.74. The number of nitrogens with one attached hydrogen (secondary N) is 1. The van der Waals surface area contributed by atoms with E-state index in [1.165, 1.54) is 12.1 Å². The second kappa shape index (κ2) is 7.12. The lowest BCUT2D eigenvalue weighted by Gasteiger charge is -2.14. The number of phenols is 1. The molecule has 0 aliphatic rings. The van der Waals surface area contributed by atoms with Crippen molar-refractivity contribution in [2.75, 3.05) is 18.4 Å². The summed E-state index contributed by atoms with van der Waals surface area (Å²) < 4.78 is 0. The number of hydrogen-bond acceptors (Lipinski definition) is 5. The Morgan fingerprint density at radius 3 is 2.63 bits per heavy atom. The van der Waals surface area contributed by atoms with Crippen LogP contribution in [0.5, 0.6) is 5.75 Å². The van der Waals surface area contributed by atoms with Crippen molar-refractivity contribution in [2.45, 2.75) is 6.42 Å². The molecule has 19 heavy (non-hydrogen) atoms. The average Bonchev–Trinajstić information content (AvgIpc) is 2.42. The Bertz CT molecular complexity index is 476. The molecule has 0 radical (unpaired) electrons. The van der Waals surface area contributed by atoms with E-state index in [-0.39, 0.29) is 24.4 Å². The topological polar surface area (TPSA) is 113 Å². The van der Waals surface area contributed by atoms with E-state index in [1.54, 1.807) is 12.1 Å². The second-order valence-electron chi connectivity index (χ2n) is 3.72. The quantitative estimate of drug-likeness (QED) is 0.383. The van der Waals surface area contributed by atoms with Gasteiger partial charge in [-0.2, -0.15) is 0 Å². The molecule has 102 valence electrons. The molecule has 0 saturated heterocycles. The molecule has 1 aromatic rings. The van der Waals surface area contributed by atoms with E-state index in [1.807, 2.05) is 0 Å². The van der Waals surface area contributed by atoms with Crippen molar-refractivity contribution in [2.24, 2.45) is 5.73 Å². The molecule has 0 atom stereocenters. The van der Waals surface area contributed by atoms with E-state index in [2.05, 4.69) is 5.32 Å². The molecule has 0 aliphatic carbocycles. The van der Waals surface area contributed by atoms with Crippen LogP contribution in [0.1, 0.15) is 6.42 Å². The van der Waals surface area contributed by atoms with Gasteiger partial charge in [-0.25, -0.2) is 0 Å². The molecule has 1 aromatic carbocycles. The summed E-state index contributed by atoms with van der Waals surface area (Å²) in [6, 6.07) is 5.97. The summed E-state index contributed by atoms with van der Waals surface area (Å²) in [5, 5.41) is 11.7. The maximum atomic E-state index is 11.7. The summed E-state index contributed by atoms with van der Waals surface area (Å²) >= 11 is 0. The van der Waals surface area contributed by atoms with E-state index in [9.17, 15) is 19.5 Å². The van der Waals surface area contributed by atoms with Crippen LogP contribution in [0.3, 0.4) is 0 Å². The third-order valence-corrected chi connectivity index (χ3v) is 2.34. The predicted octanol–water partition coefficient (Wildman–Crippen LogP) is -0.336. The summed E-state index contributed by atoms with van der Waals surface area (Å²) in [5.74, 6) is -2.15. The van der Waals surface area contributed by atoms with Crippen LogP contribution in [-0.4, -0.2) is 41.3 Å². The minimum absolute atomic E-state index is 0.0764. The number of nitrogens with zero attached hydrogens (tertiary/aromatic N) is 1. The first kappa shape index (κ1) is 14.7. The molecular weight excluding hydrogens is 250 g/mol. The van der Waals surface area contributed by atoms with E-state index < -0.39 is 11.8 Å². The average molecular weight is 265 g/mol. The van der Waals surface area contributed by atoms with Gasteiger partial charge in [0.25, 0.3) is 0 Å². The minimum Gasteiger partial charge on any atom is -0.506 e. The highest BCUT2D eigenvalue weighted by atomic mass is 16.3. The summed E-state index contributed by atoms with van der Waals surface area (Å²) in [5.41, 5.74) is 5.37. The van der Waals surface area contributed by atoms with Crippen molar-refractivity contribution >= 4 is 23.9 Å². The van der Waals surface area contributed by atoms with Crippen molar-refractivity contribution in [1.82, 2.24) is 4.90 Å². The number of nitrogens with two attached hydrogens (primary N) is 1. The lowest BCUT2D eigenvalue weighted by Crippen LogP contribution is -2.39. The van der Waals surface area contributed by atoms with Crippen molar-refractivity contribution in [1.29, 1.82) is 0 Å². The van der Waals surface area contributed by atoms with Gasteiger partial charge in [-0.1, -0.05) is 12.1 Å². The maximum Gasteiger partial charge on any atom is 0.318 e. The number of carbonyl (C=O) groups is 3. The molecule has 1 rings (SSSR count). The lowest BCUT2D eigenvalue weighted by atomic mass is 10.3. The number of rotatable bonds is 5. The smallest absolute Gasteiger partial charge is 0.318 e. The van der Waals surface area contributed by atoms with Crippen molar-refractivity contribution in [3.05, 3.63) is 24.3 Å². The predicted molar refractivity (Wildman–Crippen MR) is 68.2 cm³/mol. The summed E-state index contributed by atoms with van der Waals surface area (Å²) in [6.07, 6.45) is 0.691. The molecule has 4 N–H and O–H groups in total. The molecule has 0 aromatic heterocycles. The van der Waals surface area contributed by atoms with Gasteiger partial charge in [0.1, 0.15) is 5.75 Å². The Hall–Kier alpha value is -2.41. The zero-order valence-electron chi connectivity index (χ0n) is 10.2. The van der Waals surface area contributed by atoms with Crippen LogP contribution in [0.15, 0.2) is 24.3 Å². The van der Waals surface area contributed by atoms with Crippen LogP contribution < -0.4 is 11.1 Å². The molecule has 3 amide bonds. The fraction of sp³-hybridized carbons (Fsp3) is 0.250. The lowest BCUT2D eigenvalue weighted by molar-refractivity contribution is -0.146. The first-order chi connectivity index (χ1) is 9.10. The third-order valence-electron chi connectivity index (χ3n) is 2.34. The molecule has 7 heteroatoms. The van der Waals surface area contributed by atoms with Gasteiger partial charge in [-0.05, 0) is 25.1 Å². The van der Waals surface area contributed by atoms with E-state index >= 15 is 0 Å². The number of amides is 3.